The third kappa shape index (κ3) is 3.10. The average Bonchev–Trinajstić information content (AvgIpc) is 3.04. The van der Waals surface area contributed by atoms with Crippen LogP contribution >= 0.6 is 11.3 Å². The molecule has 2 heterocycles. The Morgan fingerprint density at radius 2 is 2.30 bits per heavy atom. The topological polar surface area (TPSA) is 75.7 Å². The quantitative estimate of drug-likeness (QED) is 0.838. The highest BCUT2D eigenvalue weighted by molar-refractivity contribution is 7.10. The molecule has 1 aliphatic heterocycles. The molecule has 6 nitrogen and oxygen atoms in total. The van der Waals surface area contributed by atoms with E-state index in [-0.39, 0.29) is 24.2 Å². The van der Waals surface area contributed by atoms with Gasteiger partial charge in [0.2, 0.25) is 11.8 Å². The molecule has 23 heavy (non-hydrogen) atoms. The van der Waals surface area contributed by atoms with Gasteiger partial charge in [0.05, 0.1) is 19.4 Å². The molecule has 1 saturated heterocycles. The van der Waals surface area contributed by atoms with E-state index in [1.165, 1.54) is 12.0 Å². The normalized spacial score (nSPS) is 23.9. The molecule has 2 atom stereocenters. The highest BCUT2D eigenvalue weighted by atomic mass is 32.1. The number of nitrogens with zero attached hydrogens (tertiary/aromatic N) is 1. The molecule has 0 aromatic carbocycles. The number of rotatable bonds is 3. The molecular weight excluding hydrogens is 316 g/mol. The second-order valence-corrected chi connectivity index (χ2v) is 6.86. The number of fused-ring (bicyclic) bond motifs is 1. The van der Waals surface area contributed by atoms with Gasteiger partial charge in [0.25, 0.3) is 0 Å². The van der Waals surface area contributed by atoms with E-state index in [2.05, 4.69) is 10.1 Å². The minimum Gasteiger partial charge on any atom is -0.469 e. The van der Waals surface area contributed by atoms with E-state index in [0.29, 0.717) is 13.1 Å². The number of methoxy groups -OCH3 is 1. The lowest BCUT2D eigenvalue weighted by atomic mass is 9.86. The predicted molar refractivity (Wildman–Crippen MR) is 85.1 cm³/mol. The lowest BCUT2D eigenvalue weighted by Gasteiger charge is -2.37. The summed E-state index contributed by atoms with van der Waals surface area (Å²) in [5.41, 5.74) is 1.09. The molecule has 1 aromatic rings. The number of amides is 2. The summed E-state index contributed by atoms with van der Waals surface area (Å²) in [6.07, 6.45) is 2.69. The minimum atomic E-state index is -0.771. The van der Waals surface area contributed by atoms with Crippen LogP contribution in [0.2, 0.25) is 0 Å². The van der Waals surface area contributed by atoms with Crippen LogP contribution in [0.5, 0.6) is 0 Å². The first-order chi connectivity index (χ1) is 11.1. The van der Waals surface area contributed by atoms with E-state index >= 15 is 0 Å². The number of piperazine rings is 1. The van der Waals surface area contributed by atoms with Crippen LogP contribution in [0.1, 0.15) is 35.6 Å². The van der Waals surface area contributed by atoms with Crippen molar-refractivity contribution in [2.24, 2.45) is 0 Å². The Kier molecular flexibility index (Phi) is 4.66. The van der Waals surface area contributed by atoms with Crippen molar-refractivity contribution in [3.63, 3.8) is 0 Å². The van der Waals surface area contributed by atoms with Crippen molar-refractivity contribution in [3.8, 4) is 0 Å². The lowest BCUT2D eigenvalue weighted by Crippen LogP contribution is -2.58. The van der Waals surface area contributed by atoms with Crippen LogP contribution in [0, 0.1) is 0 Å². The second-order valence-electron chi connectivity index (χ2n) is 5.86. The Hall–Kier alpha value is -1.89. The molecule has 3 rings (SSSR count). The van der Waals surface area contributed by atoms with Gasteiger partial charge in [-0.25, -0.2) is 0 Å². The Balaban J connectivity index is 1.82. The first kappa shape index (κ1) is 16.0. The van der Waals surface area contributed by atoms with Crippen LogP contribution in [-0.4, -0.2) is 48.9 Å². The van der Waals surface area contributed by atoms with Crippen LogP contribution in [-0.2, 0) is 25.5 Å². The largest absolute Gasteiger partial charge is 0.469 e. The first-order valence-electron chi connectivity index (χ1n) is 7.83. The number of hydrogen-bond donors (Lipinski definition) is 1. The monoisotopic (exact) mass is 336 g/mol. The average molecular weight is 336 g/mol. The van der Waals surface area contributed by atoms with E-state index in [1.54, 1.807) is 16.2 Å². The molecule has 1 fully saturated rings. The summed E-state index contributed by atoms with van der Waals surface area (Å²) in [6.45, 7) is 0.855. The molecule has 124 valence electrons. The third-order valence-electron chi connectivity index (χ3n) is 4.55. The fourth-order valence-electron chi connectivity index (χ4n) is 3.37. The Morgan fingerprint density at radius 3 is 3.09 bits per heavy atom. The van der Waals surface area contributed by atoms with Gasteiger partial charge in [-0.2, -0.15) is 0 Å². The highest BCUT2D eigenvalue weighted by Crippen LogP contribution is 2.36. The van der Waals surface area contributed by atoms with E-state index in [1.807, 2.05) is 11.4 Å². The number of carbonyl (C=O) groups is 3. The highest BCUT2D eigenvalue weighted by Gasteiger charge is 2.39. The molecular formula is C16H20N2O4S. The fourth-order valence-corrected chi connectivity index (χ4v) is 4.35. The molecule has 0 saturated carbocycles. The van der Waals surface area contributed by atoms with Gasteiger partial charge in [-0.3, -0.25) is 14.4 Å². The van der Waals surface area contributed by atoms with Crippen LogP contribution in [0.3, 0.4) is 0 Å². The van der Waals surface area contributed by atoms with Gasteiger partial charge in [-0.15, -0.1) is 11.3 Å². The van der Waals surface area contributed by atoms with Crippen molar-refractivity contribution in [1.29, 1.82) is 0 Å². The molecule has 2 amide bonds. The van der Waals surface area contributed by atoms with Crippen molar-refractivity contribution in [2.45, 2.75) is 37.6 Å². The summed E-state index contributed by atoms with van der Waals surface area (Å²) in [6, 6.07) is 1.24. The van der Waals surface area contributed by atoms with E-state index in [4.69, 9.17) is 0 Å². The number of ether oxygens (including phenoxy) is 1. The molecule has 0 unspecified atom stereocenters. The van der Waals surface area contributed by atoms with E-state index in [9.17, 15) is 14.4 Å². The zero-order valence-electron chi connectivity index (χ0n) is 13.0. The van der Waals surface area contributed by atoms with E-state index < -0.39 is 12.0 Å². The lowest BCUT2D eigenvalue weighted by molar-refractivity contribution is -0.151. The zero-order chi connectivity index (χ0) is 16.4. The summed E-state index contributed by atoms with van der Waals surface area (Å²) in [5, 5.41) is 4.74. The second kappa shape index (κ2) is 6.70. The van der Waals surface area contributed by atoms with Crippen LogP contribution in [0.25, 0.3) is 0 Å². The van der Waals surface area contributed by atoms with Gasteiger partial charge < -0.3 is 15.0 Å². The standard InChI is InChI=1S/C16H20N2O4S/c1-22-14(19)9-12-15(20)17-6-7-18(12)16(21)11-3-2-4-13-10(11)5-8-23-13/h5,8,11-12H,2-4,6-7,9H2,1H3,(H,17,20)/t11-,12+/m0/s1. The van der Waals surface area contributed by atoms with Crippen LogP contribution in [0.4, 0.5) is 0 Å². The Bertz CT molecular complexity index is 627. The molecule has 1 aromatic heterocycles. The smallest absolute Gasteiger partial charge is 0.308 e. The summed E-state index contributed by atoms with van der Waals surface area (Å²) >= 11 is 1.68. The number of hydrogen-bond acceptors (Lipinski definition) is 5. The van der Waals surface area contributed by atoms with Crippen molar-refractivity contribution >= 4 is 29.1 Å². The van der Waals surface area contributed by atoms with Gasteiger partial charge in [0.15, 0.2) is 0 Å². The Labute approximate surface area is 138 Å². The number of thiophene rings is 1. The number of nitrogens with one attached hydrogen (secondary N) is 1. The SMILES string of the molecule is COC(=O)C[C@@H]1C(=O)NCCN1C(=O)[C@H]1CCCc2sccc21. The van der Waals surface area contributed by atoms with Crippen molar-refractivity contribution in [2.75, 3.05) is 20.2 Å². The van der Waals surface area contributed by atoms with Crippen molar-refractivity contribution < 1.29 is 19.1 Å². The van der Waals surface area contributed by atoms with Crippen molar-refractivity contribution in [1.82, 2.24) is 10.2 Å². The summed E-state index contributed by atoms with van der Waals surface area (Å²) in [7, 11) is 1.29. The third-order valence-corrected chi connectivity index (χ3v) is 5.55. The van der Waals surface area contributed by atoms with Gasteiger partial charge in [0, 0.05) is 18.0 Å². The molecule has 7 heteroatoms. The number of carbonyl (C=O) groups excluding carboxylic acids is 3. The van der Waals surface area contributed by atoms with Gasteiger partial charge in [-0.1, -0.05) is 0 Å². The van der Waals surface area contributed by atoms with Gasteiger partial charge in [-0.05, 0) is 36.3 Å². The molecule has 0 spiro atoms. The number of aryl methyl sites for hydroxylation is 1. The zero-order valence-corrected chi connectivity index (χ0v) is 13.9. The van der Waals surface area contributed by atoms with Crippen LogP contribution < -0.4 is 5.32 Å². The van der Waals surface area contributed by atoms with Gasteiger partial charge in [0.1, 0.15) is 6.04 Å². The minimum absolute atomic E-state index is 0.0481. The Morgan fingerprint density at radius 1 is 1.48 bits per heavy atom. The maximum atomic E-state index is 13.0. The number of esters is 1. The van der Waals surface area contributed by atoms with Crippen LogP contribution in [0.15, 0.2) is 11.4 Å². The molecule has 0 radical (unpaired) electrons. The molecule has 1 aliphatic carbocycles. The molecule has 0 bridgehead atoms. The fraction of sp³-hybridized carbons (Fsp3) is 0.562. The maximum absolute atomic E-state index is 13.0. The van der Waals surface area contributed by atoms with Crippen molar-refractivity contribution in [3.05, 3.63) is 21.9 Å². The summed E-state index contributed by atoms with van der Waals surface area (Å²) < 4.78 is 4.66. The predicted octanol–water partition coefficient (Wildman–Crippen LogP) is 1.06. The van der Waals surface area contributed by atoms with Gasteiger partial charge >= 0.3 is 5.97 Å². The van der Waals surface area contributed by atoms with E-state index in [0.717, 1.165) is 24.8 Å². The summed E-state index contributed by atoms with van der Waals surface area (Å²) in [4.78, 5) is 39.6. The summed E-state index contributed by atoms with van der Waals surface area (Å²) in [5.74, 6) is -1.01. The maximum Gasteiger partial charge on any atom is 0.308 e. The molecule has 1 N–H and O–H groups in total. The first-order valence-corrected chi connectivity index (χ1v) is 8.71. The molecule has 2 aliphatic rings.